The van der Waals surface area contributed by atoms with Gasteiger partial charge in [0.1, 0.15) is 6.04 Å². The number of nitrogens with one attached hydrogen (secondary N) is 3. The summed E-state index contributed by atoms with van der Waals surface area (Å²) in [7, 11) is 0. The molecular formula is C28H25N3O4. The first-order chi connectivity index (χ1) is 17.1. The second kappa shape index (κ2) is 11.5. The molecule has 4 rings (SSSR count). The van der Waals surface area contributed by atoms with Crippen LogP contribution in [-0.2, 0) is 17.8 Å². The number of carbonyl (C=O) groups is 3. The number of anilines is 1. The SMILES string of the molecule is O=C(NC(Cc1ccccc1)C(=O)NCc1cccc(NC(=O)c2ccco2)c1)c1ccccc1. The first-order valence-corrected chi connectivity index (χ1v) is 11.2. The molecule has 1 aromatic heterocycles. The van der Waals surface area contributed by atoms with Gasteiger partial charge in [0, 0.05) is 24.2 Å². The zero-order chi connectivity index (χ0) is 24.5. The Morgan fingerprint density at radius 3 is 2.17 bits per heavy atom. The summed E-state index contributed by atoms with van der Waals surface area (Å²) >= 11 is 0. The van der Waals surface area contributed by atoms with Gasteiger partial charge in [0.25, 0.3) is 11.8 Å². The second-order valence-electron chi connectivity index (χ2n) is 7.93. The molecule has 1 atom stereocenters. The predicted molar refractivity (Wildman–Crippen MR) is 133 cm³/mol. The molecule has 0 fully saturated rings. The molecule has 0 aliphatic carbocycles. The van der Waals surface area contributed by atoms with Crippen molar-refractivity contribution in [3.63, 3.8) is 0 Å². The van der Waals surface area contributed by atoms with E-state index in [2.05, 4.69) is 16.0 Å². The lowest BCUT2D eigenvalue weighted by molar-refractivity contribution is -0.123. The van der Waals surface area contributed by atoms with Crippen LogP contribution >= 0.6 is 0 Å². The van der Waals surface area contributed by atoms with Gasteiger partial charge in [-0.2, -0.15) is 0 Å². The molecule has 0 aliphatic heterocycles. The predicted octanol–water partition coefficient (Wildman–Crippen LogP) is 4.19. The summed E-state index contributed by atoms with van der Waals surface area (Å²) in [6, 6.07) is 27.9. The molecule has 0 saturated carbocycles. The fourth-order valence-corrected chi connectivity index (χ4v) is 3.56. The summed E-state index contributed by atoms with van der Waals surface area (Å²) in [5.41, 5.74) is 2.79. The molecule has 176 valence electrons. The van der Waals surface area contributed by atoms with E-state index >= 15 is 0 Å². The smallest absolute Gasteiger partial charge is 0.291 e. The van der Waals surface area contributed by atoms with Crippen LogP contribution in [0.3, 0.4) is 0 Å². The first-order valence-electron chi connectivity index (χ1n) is 11.2. The highest BCUT2D eigenvalue weighted by molar-refractivity contribution is 6.02. The molecule has 0 bridgehead atoms. The standard InChI is InChI=1S/C28H25N3O4/c32-26(22-12-5-2-6-13-22)31-24(18-20-9-3-1-4-10-20)27(33)29-19-21-11-7-14-23(17-21)30-28(34)25-15-8-16-35-25/h1-17,24H,18-19H2,(H,29,33)(H,30,34)(H,31,32). The summed E-state index contributed by atoms with van der Waals surface area (Å²) in [6.45, 7) is 0.232. The first kappa shape index (κ1) is 23.5. The van der Waals surface area contributed by atoms with Crippen LogP contribution in [0.4, 0.5) is 5.69 Å². The van der Waals surface area contributed by atoms with Crippen molar-refractivity contribution in [2.75, 3.05) is 5.32 Å². The molecule has 3 aromatic carbocycles. The van der Waals surface area contributed by atoms with Crippen molar-refractivity contribution in [2.45, 2.75) is 19.0 Å². The van der Waals surface area contributed by atoms with Gasteiger partial charge in [-0.1, -0.05) is 60.7 Å². The lowest BCUT2D eigenvalue weighted by Crippen LogP contribution is -2.47. The minimum atomic E-state index is -0.757. The summed E-state index contributed by atoms with van der Waals surface area (Å²) in [5, 5.41) is 8.52. The minimum Gasteiger partial charge on any atom is -0.459 e. The molecule has 35 heavy (non-hydrogen) atoms. The van der Waals surface area contributed by atoms with Crippen LogP contribution in [0.5, 0.6) is 0 Å². The van der Waals surface area contributed by atoms with Gasteiger partial charge in [-0.15, -0.1) is 0 Å². The van der Waals surface area contributed by atoms with Crippen LogP contribution in [0.2, 0.25) is 0 Å². The van der Waals surface area contributed by atoms with Crippen LogP contribution in [0.15, 0.2) is 108 Å². The van der Waals surface area contributed by atoms with Gasteiger partial charge in [-0.25, -0.2) is 0 Å². The number of amides is 3. The average molecular weight is 468 g/mol. The molecule has 4 aromatic rings. The number of carbonyl (C=O) groups excluding carboxylic acids is 3. The molecular weight excluding hydrogens is 442 g/mol. The fraction of sp³-hybridized carbons (Fsp3) is 0.107. The maximum Gasteiger partial charge on any atom is 0.291 e. The Labute approximate surface area is 203 Å². The maximum atomic E-state index is 13.1. The summed E-state index contributed by atoms with van der Waals surface area (Å²) in [5.74, 6) is -0.767. The van der Waals surface area contributed by atoms with Gasteiger partial charge in [-0.3, -0.25) is 14.4 Å². The Kier molecular flexibility index (Phi) is 7.70. The Bertz CT molecular complexity index is 1270. The molecule has 7 heteroatoms. The average Bonchev–Trinajstić information content (AvgIpc) is 3.44. The maximum absolute atomic E-state index is 13.1. The van der Waals surface area contributed by atoms with Gasteiger partial charge >= 0.3 is 0 Å². The third-order valence-corrected chi connectivity index (χ3v) is 5.34. The van der Waals surface area contributed by atoms with Crippen molar-refractivity contribution in [3.05, 3.63) is 126 Å². The molecule has 1 unspecified atom stereocenters. The number of furan rings is 1. The van der Waals surface area contributed by atoms with Crippen molar-refractivity contribution in [3.8, 4) is 0 Å². The molecule has 3 amide bonds. The van der Waals surface area contributed by atoms with Crippen LogP contribution in [0, 0.1) is 0 Å². The third-order valence-electron chi connectivity index (χ3n) is 5.34. The van der Waals surface area contributed by atoms with Crippen LogP contribution in [0.25, 0.3) is 0 Å². The lowest BCUT2D eigenvalue weighted by atomic mass is 10.0. The van der Waals surface area contributed by atoms with Gasteiger partial charge in [-0.05, 0) is 47.5 Å². The Balaban J connectivity index is 1.41. The Hall–Kier alpha value is -4.65. The Morgan fingerprint density at radius 2 is 1.46 bits per heavy atom. The molecule has 1 heterocycles. The highest BCUT2D eigenvalue weighted by atomic mass is 16.3. The molecule has 0 saturated heterocycles. The van der Waals surface area contributed by atoms with Crippen LogP contribution < -0.4 is 16.0 Å². The van der Waals surface area contributed by atoms with Crippen molar-refractivity contribution >= 4 is 23.4 Å². The van der Waals surface area contributed by atoms with Gasteiger partial charge < -0.3 is 20.4 Å². The van der Waals surface area contributed by atoms with Crippen LogP contribution in [0.1, 0.15) is 32.0 Å². The van der Waals surface area contributed by atoms with Gasteiger partial charge in [0.05, 0.1) is 6.26 Å². The van der Waals surface area contributed by atoms with E-state index in [1.54, 1.807) is 54.6 Å². The summed E-state index contributed by atoms with van der Waals surface area (Å²) in [6.07, 6.45) is 1.79. The molecule has 3 N–H and O–H groups in total. The minimum absolute atomic E-state index is 0.210. The quantitative estimate of drug-likeness (QED) is 0.344. The van der Waals surface area contributed by atoms with Gasteiger partial charge in [0.15, 0.2) is 5.76 Å². The number of rotatable bonds is 9. The molecule has 0 spiro atoms. The highest BCUT2D eigenvalue weighted by Gasteiger charge is 2.22. The summed E-state index contributed by atoms with van der Waals surface area (Å²) < 4.78 is 5.11. The van der Waals surface area contributed by atoms with E-state index < -0.39 is 6.04 Å². The number of hydrogen-bond donors (Lipinski definition) is 3. The normalized spacial score (nSPS) is 11.3. The zero-order valence-electron chi connectivity index (χ0n) is 18.9. The van der Waals surface area contributed by atoms with E-state index in [0.29, 0.717) is 17.7 Å². The molecule has 0 radical (unpaired) electrons. The van der Waals surface area contributed by atoms with Crippen LogP contribution in [-0.4, -0.2) is 23.8 Å². The Morgan fingerprint density at radius 1 is 0.743 bits per heavy atom. The monoisotopic (exact) mass is 467 g/mol. The van der Waals surface area contributed by atoms with Crippen molar-refractivity contribution in [1.82, 2.24) is 10.6 Å². The topological polar surface area (TPSA) is 100 Å². The van der Waals surface area contributed by atoms with Crippen molar-refractivity contribution < 1.29 is 18.8 Å². The van der Waals surface area contributed by atoms with E-state index in [0.717, 1.165) is 11.1 Å². The zero-order valence-corrected chi connectivity index (χ0v) is 18.9. The fourth-order valence-electron chi connectivity index (χ4n) is 3.56. The largest absolute Gasteiger partial charge is 0.459 e. The molecule has 0 aliphatic rings. The van der Waals surface area contributed by atoms with Crippen molar-refractivity contribution in [1.29, 1.82) is 0 Å². The number of hydrogen-bond acceptors (Lipinski definition) is 4. The second-order valence-corrected chi connectivity index (χ2v) is 7.93. The van der Waals surface area contributed by atoms with E-state index in [1.165, 1.54) is 6.26 Å². The van der Waals surface area contributed by atoms with E-state index in [9.17, 15) is 14.4 Å². The van der Waals surface area contributed by atoms with E-state index in [-0.39, 0.29) is 30.0 Å². The highest BCUT2D eigenvalue weighted by Crippen LogP contribution is 2.13. The van der Waals surface area contributed by atoms with Gasteiger partial charge in [0.2, 0.25) is 5.91 Å². The van der Waals surface area contributed by atoms with E-state index in [4.69, 9.17) is 4.42 Å². The van der Waals surface area contributed by atoms with Crippen molar-refractivity contribution in [2.24, 2.45) is 0 Å². The molecule has 7 nitrogen and oxygen atoms in total. The van der Waals surface area contributed by atoms with E-state index in [1.807, 2.05) is 42.5 Å². The summed E-state index contributed by atoms with van der Waals surface area (Å²) in [4.78, 5) is 38.0. The number of benzene rings is 3. The third kappa shape index (κ3) is 6.68. The lowest BCUT2D eigenvalue weighted by Gasteiger charge is -2.19.